The summed E-state index contributed by atoms with van der Waals surface area (Å²) < 4.78 is 0. The molecule has 4 unspecified atom stereocenters. The minimum atomic E-state index is 0.878. The van der Waals surface area contributed by atoms with E-state index < -0.39 is 0 Å². The minimum Gasteiger partial charge on any atom is -0.0890 e. The Balaban J connectivity index is 1.80. The van der Waals surface area contributed by atoms with Crippen LogP contribution in [-0.4, -0.2) is 4.83 Å². The van der Waals surface area contributed by atoms with Crippen LogP contribution in [0.15, 0.2) is 0 Å². The van der Waals surface area contributed by atoms with Crippen LogP contribution in [0.4, 0.5) is 0 Å². The summed E-state index contributed by atoms with van der Waals surface area (Å²) >= 11 is 3.77. The zero-order valence-corrected chi connectivity index (χ0v) is 8.39. The van der Waals surface area contributed by atoms with Crippen LogP contribution in [0, 0.1) is 23.7 Å². The van der Waals surface area contributed by atoms with Crippen LogP contribution in [0.2, 0.25) is 0 Å². The number of halogens is 1. The molecule has 0 N–H and O–H groups in total. The third-order valence-corrected chi connectivity index (χ3v) is 5.08. The molecule has 0 radical (unpaired) electrons. The highest BCUT2D eigenvalue weighted by Gasteiger charge is 2.55. The number of fused-ring (bicyclic) bond motifs is 4. The van der Waals surface area contributed by atoms with E-state index in [2.05, 4.69) is 15.9 Å². The van der Waals surface area contributed by atoms with Crippen LogP contribution < -0.4 is 0 Å². The number of hydrogen-bond acceptors (Lipinski definition) is 0. The van der Waals surface area contributed by atoms with E-state index in [4.69, 9.17) is 0 Å². The molecule has 4 atom stereocenters. The van der Waals surface area contributed by atoms with E-state index in [0.29, 0.717) is 0 Å². The van der Waals surface area contributed by atoms with Crippen LogP contribution in [0.1, 0.15) is 32.1 Å². The average Bonchev–Trinajstić information content (AvgIpc) is 2.49. The summed E-state index contributed by atoms with van der Waals surface area (Å²) in [6.45, 7) is 0. The minimum absolute atomic E-state index is 0.878. The van der Waals surface area contributed by atoms with Crippen molar-refractivity contribution in [3.05, 3.63) is 0 Å². The highest BCUT2D eigenvalue weighted by molar-refractivity contribution is 9.09. The summed E-state index contributed by atoms with van der Waals surface area (Å²) in [4.78, 5) is 0.878. The second-order valence-corrected chi connectivity index (χ2v) is 5.95. The number of alkyl halides is 1. The van der Waals surface area contributed by atoms with Gasteiger partial charge >= 0.3 is 0 Å². The first kappa shape index (κ1) is 6.94. The van der Waals surface area contributed by atoms with Gasteiger partial charge in [0.15, 0.2) is 0 Å². The van der Waals surface area contributed by atoms with Crippen LogP contribution >= 0.6 is 15.9 Å². The summed E-state index contributed by atoms with van der Waals surface area (Å²) in [5.74, 6) is 4.63. The van der Waals surface area contributed by atoms with Crippen molar-refractivity contribution in [1.29, 1.82) is 0 Å². The molecule has 3 aliphatic carbocycles. The maximum atomic E-state index is 3.77. The fourth-order valence-corrected chi connectivity index (χ4v) is 4.82. The fourth-order valence-electron chi connectivity index (χ4n) is 3.96. The van der Waals surface area contributed by atoms with E-state index in [1.165, 1.54) is 31.1 Å². The molecule has 0 nitrogen and oxygen atoms in total. The van der Waals surface area contributed by atoms with Crippen molar-refractivity contribution in [2.24, 2.45) is 23.7 Å². The summed E-state index contributed by atoms with van der Waals surface area (Å²) in [6, 6.07) is 0. The Morgan fingerprint density at radius 1 is 0.818 bits per heavy atom. The molecule has 0 aromatic rings. The Morgan fingerprint density at radius 2 is 1.36 bits per heavy atom. The first-order valence-corrected chi connectivity index (χ1v) is 5.92. The summed E-state index contributed by atoms with van der Waals surface area (Å²) in [6.07, 6.45) is 7.64. The summed E-state index contributed by atoms with van der Waals surface area (Å²) in [5, 5.41) is 0. The van der Waals surface area contributed by atoms with Crippen molar-refractivity contribution in [3.63, 3.8) is 0 Å². The van der Waals surface area contributed by atoms with Crippen LogP contribution in [-0.2, 0) is 0 Å². The average molecular weight is 215 g/mol. The fraction of sp³-hybridized carbons (Fsp3) is 1.00. The molecule has 0 aromatic heterocycles. The van der Waals surface area contributed by atoms with Crippen LogP contribution in [0.3, 0.4) is 0 Å². The maximum Gasteiger partial charge on any atom is 0.0151 e. The van der Waals surface area contributed by atoms with Gasteiger partial charge in [0.05, 0.1) is 0 Å². The van der Waals surface area contributed by atoms with Gasteiger partial charge in [-0.2, -0.15) is 0 Å². The molecule has 0 saturated heterocycles. The van der Waals surface area contributed by atoms with E-state index in [1.54, 1.807) is 12.8 Å². The van der Waals surface area contributed by atoms with E-state index >= 15 is 0 Å². The maximum absolute atomic E-state index is 3.77. The molecule has 0 heterocycles. The quantitative estimate of drug-likeness (QED) is 0.544. The SMILES string of the molecule is BrC1CC2C3CCCC3C2C1. The van der Waals surface area contributed by atoms with Crippen LogP contribution in [0.5, 0.6) is 0 Å². The Bertz CT molecular complexity index is 160. The van der Waals surface area contributed by atoms with E-state index in [0.717, 1.165) is 16.7 Å². The molecular formula is C10H15Br. The zero-order chi connectivity index (χ0) is 7.42. The predicted molar refractivity (Wildman–Crippen MR) is 49.8 cm³/mol. The Hall–Kier alpha value is 0.480. The van der Waals surface area contributed by atoms with Crippen LogP contribution in [0.25, 0.3) is 0 Å². The van der Waals surface area contributed by atoms with Gasteiger partial charge in [-0.15, -0.1) is 0 Å². The standard InChI is InChI=1S/C10H15Br/c11-6-4-9-7-2-1-3-8(7)10(9)5-6/h6-10H,1-5H2. The normalized spacial score (nSPS) is 60.3. The topological polar surface area (TPSA) is 0 Å². The van der Waals surface area contributed by atoms with Crippen molar-refractivity contribution < 1.29 is 0 Å². The lowest BCUT2D eigenvalue weighted by Gasteiger charge is -2.45. The first-order chi connectivity index (χ1) is 5.36. The summed E-state index contributed by atoms with van der Waals surface area (Å²) in [7, 11) is 0. The molecule has 3 aliphatic rings. The molecule has 0 aliphatic heterocycles. The van der Waals surface area contributed by atoms with Gasteiger partial charge < -0.3 is 0 Å². The summed E-state index contributed by atoms with van der Waals surface area (Å²) in [5.41, 5.74) is 0. The number of hydrogen-bond donors (Lipinski definition) is 0. The van der Waals surface area contributed by atoms with Crippen molar-refractivity contribution >= 4 is 15.9 Å². The molecule has 0 spiro atoms. The third-order valence-electron chi connectivity index (χ3n) is 4.33. The molecular weight excluding hydrogens is 200 g/mol. The molecule has 3 saturated carbocycles. The zero-order valence-electron chi connectivity index (χ0n) is 6.80. The molecule has 1 heteroatoms. The lowest BCUT2D eigenvalue weighted by Crippen LogP contribution is -2.39. The second kappa shape index (κ2) is 2.25. The van der Waals surface area contributed by atoms with E-state index in [9.17, 15) is 0 Å². The second-order valence-electron chi connectivity index (χ2n) is 4.66. The van der Waals surface area contributed by atoms with Gasteiger partial charge in [-0.25, -0.2) is 0 Å². The van der Waals surface area contributed by atoms with Gasteiger partial charge in [0, 0.05) is 4.83 Å². The van der Waals surface area contributed by atoms with Gasteiger partial charge in [0.1, 0.15) is 0 Å². The Labute approximate surface area is 76.9 Å². The molecule has 3 rings (SSSR count). The molecule has 11 heavy (non-hydrogen) atoms. The van der Waals surface area contributed by atoms with Crippen molar-refractivity contribution in [2.45, 2.75) is 36.9 Å². The lowest BCUT2D eigenvalue weighted by atomic mass is 9.60. The molecule has 62 valence electrons. The molecule has 0 bridgehead atoms. The third kappa shape index (κ3) is 0.811. The van der Waals surface area contributed by atoms with Gasteiger partial charge in [-0.1, -0.05) is 22.4 Å². The van der Waals surface area contributed by atoms with Crippen molar-refractivity contribution in [2.75, 3.05) is 0 Å². The number of rotatable bonds is 0. The largest absolute Gasteiger partial charge is 0.0890 e. The smallest absolute Gasteiger partial charge is 0.0151 e. The molecule has 0 amide bonds. The lowest BCUT2D eigenvalue weighted by molar-refractivity contribution is 0.0302. The first-order valence-electron chi connectivity index (χ1n) is 5.00. The van der Waals surface area contributed by atoms with Crippen molar-refractivity contribution in [3.8, 4) is 0 Å². The van der Waals surface area contributed by atoms with Gasteiger partial charge in [-0.3, -0.25) is 0 Å². The Morgan fingerprint density at radius 3 is 1.91 bits per heavy atom. The molecule has 3 fully saturated rings. The van der Waals surface area contributed by atoms with E-state index in [-0.39, 0.29) is 0 Å². The van der Waals surface area contributed by atoms with Crippen molar-refractivity contribution in [1.82, 2.24) is 0 Å². The van der Waals surface area contributed by atoms with Gasteiger partial charge in [0.25, 0.3) is 0 Å². The van der Waals surface area contributed by atoms with Gasteiger partial charge in [-0.05, 0) is 49.4 Å². The molecule has 0 aromatic carbocycles. The van der Waals surface area contributed by atoms with E-state index in [1.807, 2.05) is 0 Å². The van der Waals surface area contributed by atoms with Gasteiger partial charge in [0.2, 0.25) is 0 Å². The highest BCUT2D eigenvalue weighted by Crippen LogP contribution is 2.62. The highest BCUT2D eigenvalue weighted by atomic mass is 79.9. The predicted octanol–water partition coefficient (Wildman–Crippen LogP) is 3.21. The Kier molecular flexibility index (Phi) is 1.42. The monoisotopic (exact) mass is 214 g/mol.